The van der Waals surface area contributed by atoms with Gasteiger partial charge in [-0.2, -0.15) is 0 Å². The third-order valence-corrected chi connectivity index (χ3v) is 3.90. The van der Waals surface area contributed by atoms with Gasteiger partial charge >= 0.3 is 0 Å². The van der Waals surface area contributed by atoms with E-state index < -0.39 is 9.84 Å². The van der Waals surface area contributed by atoms with Gasteiger partial charge in [-0.3, -0.25) is 0 Å². The Balaban J connectivity index is 2.23. The molecule has 0 aliphatic carbocycles. The summed E-state index contributed by atoms with van der Waals surface area (Å²) in [6.45, 7) is 1.93. The molecule has 2 aromatic rings. The second kappa shape index (κ2) is 4.97. The highest BCUT2D eigenvalue weighted by atomic mass is 32.2. The Morgan fingerprint density at radius 3 is 2.58 bits per heavy atom. The highest BCUT2D eigenvalue weighted by Crippen LogP contribution is 2.26. The first kappa shape index (κ1) is 13.5. The lowest BCUT2D eigenvalue weighted by Gasteiger charge is -2.15. The number of furan rings is 1. The van der Waals surface area contributed by atoms with Crippen molar-refractivity contribution in [1.29, 1.82) is 0 Å². The molecule has 1 aromatic heterocycles. The molecule has 19 heavy (non-hydrogen) atoms. The van der Waals surface area contributed by atoms with Crippen molar-refractivity contribution in [3.05, 3.63) is 42.4 Å². The number of anilines is 2. The summed E-state index contributed by atoms with van der Waals surface area (Å²) in [5.41, 5.74) is 6.93. The van der Waals surface area contributed by atoms with Crippen molar-refractivity contribution in [2.75, 3.05) is 17.3 Å². The van der Waals surface area contributed by atoms with Crippen LogP contribution in [0.5, 0.6) is 0 Å². The highest BCUT2D eigenvalue weighted by molar-refractivity contribution is 7.90. The first-order valence-electron chi connectivity index (χ1n) is 5.77. The molecule has 0 bridgehead atoms. The second-order valence-electron chi connectivity index (χ2n) is 4.40. The third-order valence-electron chi connectivity index (χ3n) is 2.79. The number of hydrogen-bond donors (Lipinski definition) is 2. The first-order chi connectivity index (χ1) is 8.88. The molecule has 0 radical (unpaired) electrons. The predicted octanol–water partition coefficient (Wildman–Crippen LogP) is 2.44. The van der Waals surface area contributed by atoms with Gasteiger partial charge in [-0.15, -0.1) is 0 Å². The van der Waals surface area contributed by atoms with Crippen LogP contribution in [0.4, 0.5) is 11.4 Å². The quantitative estimate of drug-likeness (QED) is 0.840. The molecule has 0 aliphatic rings. The molecule has 102 valence electrons. The van der Waals surface area contributed by atoms with Crippen LogP contribution >= 0.6 is 0 Å². The number of rotatable bonds is 4. The summed E-state index contributed by atoms with van der Waals surface area (Å²) in [6.07, 6.45) is 2.75. The van der Waals surface area contributed by atoms with E-state index in [0.29, 0.717) is 11.4 Å². The van der Waals surface area contributed by atoms with Gasteiger partial charge in [0.25, 0.3) is 0 Å². The molecule has 1 atom stereocenters. The van der Waals surface area contributed by atoms with Gasteiger partial charge in [-0.25, -0.2) is 8.42 Å². The van der Waals surface area contributed by atoms with E-state index in [4.69, 9.17) is 10.2 Å². The fourth-order valence-electron chi connectivity index (χ4n) is 1.74. The van der Waals surface area contributed by atoms with Gasteiger partial charge in [0.05, 0.1) is 28.6 Å². The minimum atomic E-state index is -3.24. The Bertz CT molecular complexity index is 663. The summed E-state index contributed by atoms with van der Waals surface area (Å²) in [7, 11) is -3.24. The fraction of sp³-hybridized carbons (Fsp3) is 0.231. The average molecular weight is 280 g/mol. The SMILES string of the molecule is CC(Nc1ccc(S(C)(=O)=O)cc1N)c1ccco1. The van der Waals surface area contributed by atoms with Crippen molar-refractivity contribution in [1.82, 2.24) is 0 Å². The molecule has 6 heteroatoms. The zero-order valence-electron chi connectivity index (χ0n) is 10.8. The molecule has 5 nitrogen and oxygen atoms in total. The van der Waals surface area contributed by atoms with Crippen LogP contribution in [0.1, 0.15) is 18.7 Å². The van der Waals surface area contributed by atoms with E-state index >= 15 is 0 Å². The van der Waals surface area contributed by atoms with Crippen LogP contribution in [0.3, 0.4) is 0 Å². The molecule has 1 aromatic carbocycles. The Kier molecular flexibility index (Phi) is 3.53. The smallest absolute Gasteiger partial charge is 0.175 e. The van der Waals surface area contributed by atoms with E-state index in [9.17, 15) is 8.42 Å². The Hall–Kier alpha value is -1.95. The summed E-state index contributed by atoms with van der Waals surface area (Å²) in [5, 5.41) is 3.18. The standard InChI is InChI=1S/C13H16N2O3S/c1-9(13-4-3-7-18-13)15-12-6-5-10(8-11(12)14)19(2,16)17/h3-9,15H,14H2,1-2H3. The van der Waals surface area contributed by atoms with E-state index in [-0.39, 0.29) is 10.9 Å². The van der Waals surface area contributed by atoms with Crippen molar-refractivity contribution >= 4 is 21.2 Å². The molecular weight excluding hydrogens is 264 g/mol. The summed E-state index contributed by atoms with van der Waals surface area (Å²) < 4.78 is 28.1. The zero-order chi connectivity index (χ0) is 14.0. The number of nitrogens with one attached hydrogen (secondary N) is 1. The maximum absolute atomic E-state index is 11.4. The molecule has 3 N–H and O–H groups in total. The van der Waals surface area contributed by atoms with Gasteiger partial charge in [0.15, 0.2) is 9.84 Å². The molecule has 0 saturated carbocycles. The topological polar surface area (TPSA) is 85.3 Å². The summed E-state index contributed by atoms with van der Waals surface area (Å²) >= 11 is 0. The van der Waals surface area contributed by atoms with Crippen LogP contribution in [0, 0.1) is 0 Å². The maximum atomic E-state index is 11.4. The fourth-order valence-corrected chi connectivity index (χ4v) is 2.40. The van der Waals surface area contributed by atoms with E-state index in [1.54, 1.807) is 12.3 Å². The summed E-state index contributed by atoms with van der Waals surface area (Å²) in [6, 6.07) is 8.25. The second-order valence-corrected chi connectivity index (χ2v) is 6.42. The number of hydrogen-bond acceptors (Lipinski definition) is 5. The predicted molar refractivity (Wildman–Crippen MR) is 74.7 cm³/mol. The van der Waals surface area contributed by atoms with Crippen molar-refractivity contribution in [3.63, 3.8) is 0 Å². The Morgan fingerprint density at radius 2 is 2.05 bits per heavy atom. The van der Waals surface area contributed by atoms with Crippen molar-refractivity contribution in [2.45, 2.75) is 17.9 Å². The minimum absolute atomic E-state index is 0.0543. The molecule has 0 saturated heterocycles. The molecule has 0 fully saturated rings. The van der Waals surface area contributed by atoms with E-state index in [1.807, 2.05) is 19.1 Å². The van der Waals surface area contributed by atoms with Gasteiger partial charge in [0.1, 0.15) is 5.76 Å². The molecule has 1 unspecified atom stereocenters. The lowest BCUT2D eigenvalue weighted by atomic mass is 10.2. The van der Waals surface area contributed by atoms with Gasteiger partial charge in [0, 0.05) is 6.26 Å². The Labute approximate surface area is 112 Å². The van der Waals surface area contributed by atoms with Crippen molar-refractivity contribution in [2.24, 2.45) is 0 Å². The molecule has 1 heterocycles. The largest absolute Gasteiger partial charge is 0.467 e. The molecule has 0 aliphatic heterocycles. The van der Waals surface area contributed by atoms with Crippen LogP contribution in [0.15, 0.2) is 45.9 Å². The summed E-state index contributed by atoms with van der Waals surface area (Å²) in [4.78, 5) is 0.209. The number of nitrogens with two attached hydrogens (primary N) is 1. The van der Waals surface area contributed by atoms with E-state index in [1.165, 1.54) is 12.1 Å². The first-order valence-corrected chi connectivity index (χ1v) is 7.66. The molecule has 0 amide bonds. The van der Waals surface area contributed by atoms with Crippen LogP contribution in [-0.2, 0) is 9.84 Å². The average Bonchev–Trinajstić information content (AvgIpc) is 2.84. The highest BCUT2D eigenvalue weighted by Gasteiger charge is 2.12. The number of nitrogen functional groups attached to an aromatic ring is 1. The third kappa shape index (κ3) is 3.08. The van der Waals surface area contributed by atoms with Gasteiger partial charge in [-0.05, 0) is 37.3 Å². The van der Waals surface area contributed by atoms with Gasteiger partial charge in [0.2, 0.25) is 0 Å². The van der Waals surface area contributed by atoms with Gasteiger partial charge < -0.3 is 15.5 Å². The zero-order valence-corrected chi connectivity index (χ0v) is 11.6. The number of sulfone groups is 1. The summed E-state index contributed by atoms with van der Waals surface area (Å²) in [5.74, 6) is 0.784. The van der Waals surface area contributed by atoms with Crippen molar-refractivity contribution in [3.8, 4) is 0 Å². The van der Waals surface area contributed by atoms with E-state index in [2.05, 4.69) is 5.32 Å². The number of benzene rings is 1. The molecule has 2 rings (SSSR count). The lowest BCUT2D eigenvalue weighted by Crippen LogP contribution is -2.08. The monoisotopic (exact) mass is 280 g/mol. The lowest BCUT2D eigenvalue weighted by molar-refractivity contribution is 0.490. The van der Waals surface area contributed by atoms with Gasteiger partial charge in [-0.1, -0.05) is 0 Å². The molecule has 0 spiro atoms. The van der Waals surface area contributed by atoms with E-state index in [0.717, 1.165) is 12.0 Å². The minimum Gasteiger partial charge on any atom is -0.467 e. The normalized spacial score (nSPS) is 13.2. The van der Waals surface area contributed by atoms with Crippen LogP contribution in [-0.4, -0.2) is 14.7 Å². The van der Waals surface area contributed by atoms with Crippen LogP contribution in [0.25, 0.3) is 0 Å². The van der Waals surface area contributed by atoms with Crippen LogP contribution < -0.4 is 11.1 Å². The Morgan fingerprint density at radius 1 is 1.32 bits per heavy atom. The molecular formula is C13H16N2O3S. The maximum Gasteiger partial charge on any atom is 0.175 e. The van der Waals surface area contributed by atoms with Crippen LogP contribution in [0.2, 0.25) is 0 Å². The van der Waals surface area contributed by atoms with Crippen molar-refractivity contribution < 1.29 is 12.8 Å².